The van der Waals surface area contributed by atoms with E-state index in [-0.39, 0.29) is 22.2 Å². The number of aromatic nitrogens is 2. The second-order valence-corrected chi connectivity index (χ2v) is 10.4. The quantitative estimate of drug-likeness (QED) is 0.336. The number of nitrogens with zero attached hydrogens (tertiary/aromatic N) is 2. The van der Waals surface area contributed by atoms with Crippen molar-refractivity contribution in [2.75, 3.05) is 7.11 Å². The van der Waals surface area contributed by atoms with Gasteiger partial charge in [0.1, 0.15) is 22.9 Å². The fraction of sp³-hybridized carbons (Fsp3) is 0.179. The standard InChI is InChI=1S/C28H26FN3O5S/c1-16-13-17(2)26(18(3)14-16)37-28-21(27(33)32-38(34,35)25-8-6-7-19(4)30-25)10-11-23(31-28)22-15-20(29)9-12-24(22)36-5/h6-15H,1-5H3,(H,32,33). The van der Waals surface area contributed by atoms with Gasteiger partial charge in [-0.3, -0.25) is 4.79 Å². The molecule has 4 aromatic rings. The van der Waals surface area contributed by atoms with Gasteiger partial charge in [0.2, 0.25) is 5.88 Å². The Morgan fingerprint density at radius 1 is 0.921 bits per heavy atom. The van der Waals surface area contributed by atoms with Crippen LogP contribution in [-0.2, 0) is 10.0 Å². The first kappa shape index (κ1) is 26.7. The van der Waals surface area contributed by atoms with E-state index in [0.717, 1.165) is 16.7 Å². The molecule has 2 heterocycles. The zero-order valence-electron chi connectivity index (χ0n) is 21.5. The summed E-state index contributed by atoms with van der Waals surface area (Å²) in [7, 11) is -2.84. The zero-order valence-corrected chi connectivity index (χ0v) is 22.3. The predicted octanol–water partition coefficient (Wildman–Crippen LogP) is 5.44. The number of aryl methyl sites for hydroxylation is 4. The second kappa shape index (κ2) is 10.6. The summed E-state index contributed by atoms with van der Waals surface area (Å²) in [6.07, 6.45) is 0. The molecule has 8 nitrogen and oxygen atoms in total. The molecule has 4 rings (SSSR count). The van der Waals surface area contributed by atoms with Crippen LogP contribution in [0.3, 0.4) is 0 Å². The van der Waals surface area contributed by atoms with Crippen LogP contribution in [0, 0.1) is 33.5 Å². The maximum absolute atomic E-state index is 14.1. The van der Waals surface area contributed by atoms with Crippen LogP contribution in [0.2, 0.25) is 0 Å². The Morgan fingerprint density at radius 2 is 1.63 bits per heavy atom. The zero-order chi connectivity index (χ0) is 27.6. The van der Waals surface area contributed by atoms with Gasteiger partial charge in [-0.15, -0.1) is 0 Å². The molecule has 1 amide bonds. The summed E-state index contributed by atoms with van der Waals surface area (Å²) in [6, 6.07) is 15.1. The van der Waals surface area contributed by atoms with E-state index in [4.69, 9.17) is 9.47 Å². The van der Waals surface area contributed by atoms with Crippen LogP contribution in [0.1, 0.15) is 32.7 Å². The van der Waals surface area contributed by atoms with E-state index in [9.17, 15) is 17.6 Å². The van der Waals surface area contributed by atoms with Crippen molar-refractivity contribution < 1.29 is 27.1 Å². The van der Waals surface area contributed by atoms with Crippen LogP contribution >= 0.6 is 0 Å². The Bertz CT molecular complexity index is 1630. The largest absolute Gasteiger partial charge is 0.496 e. The van der Waals surface area contributed by atoms with Crippen LogP contribution in [0.4, 0.5) is 4.39 Å². The van der Waals surface area contributed by atoms with E-state index < -0.39 is 21.7 Å². The first-order valence-corrected chi connectivity index (χ1v) is 13.1. The first-order valence-electron chi connectivity index (χ1n) is 11.6. The lowest BCUT2D eigenvalue weighted by atomic mass is 10.1. The average Bonchev–Trinajstić information content (AvgIpc) is 2.85. The topological polar surface area (TPSA) is 107 Å². The molecule has 2 aromatic carbocycles. The highest BCUT2D eigenvalue weighted by Crippen LogP contribution is 2.35. The van der Waals surface area contributed by atoms with Gasteiger partial charge in [-0.25, -0.2) is 19.1 Å². The maximum Gasteiger partial charge on any atom is 0.281 e. The maximum atomic E-state index is 14.1. The number of pyridine rings is 2. The number of carbonyl (C=O) groups is 1. The van der Waals surface area contributed by atoms with Gasteiger partial charge in [-0.1, -0.05) is 23.8 Å². The Hall–Kier alpha value is -4.31. The van der Waals surface area contributed by atoms with Crippen LogP contribution < -0.4 is 14.2 Å². The highest BCUT2D eigenvalue weighted by molar-refractivity contribution is 7.90. The number of hydrogen-bond acceptors (Lipinski definition) is 7. The number of benzene rings is 2. The number of ether oxygens (including phenoxy) is 2. The third-order valence-electron chi connectivity index (χ3n) is 5.71. The van der Waals surface area contributed by atoms with Gasteiger partial charge in [0.05, 0.1) is 12.8 Å². The minimum absolute atomic E-state index is 0.139. The molecule has 0 fully saturated rings. The molecule has 0 aliphatic carbocycles. The van der Waals surface area contributed by atoms with Gasteiger partial charge >= 0.3 is 0 Å². The van der Waals surface area contributed by atoms with Crippen molar-refractivity contribution in [2.24, 2.45) is 0 Å². The Kier molecular flexibility index (Phi) is 7.45. The van der Waals surface area contributed by atoms with Crippen LogP contribution in [-0.4, -0.2) is 31.4 Å². The number of halogens is 1. The van der Waals surface area contributed by atoms with Gasteiger partial charge in [0.25, 0.3) is 15.9 Å². The molecule has 10 heteroatoms. The molecule has 0 radical (unpaired) electrons. The van der Waals surface area contributed by atoms with E-state index >= 15 is 0 Å². The fourth-order valence-corrected chi connectivity index (χ4v) is 5.02. The van der Waals surface area contributed by atoms with E-state index in [1.54, 1.807) is 13.0 Å². The van der Waals surface area contributed by atoms with Crippen molar-refractivity contribution in [3.8, 4) is 28.6 Å². The molecular formula is C28H26FN3O5S. The molecule has 196 valence electrons. The smallest absolute Gasteiger partial charge is 0.281 e. The van der Waals surface area contributed by atoms with Crippen LogP contribution in [0.25, 0.3) is 11.3 Å². The van der Waals surface area contributed by atoms with Gasteiger partial charge in [-0.2, -0.15) is 8.42 Å². The third-order valence-corrected chi connectivity index (χ3v) is 6.94. The fourth-order valence-electron chi connectivity index (χ4n) is 4.04. The lowest BCUT2D eigenvalue weighted by Gasteiger charge is -2.16. The number of methoxy groups -OCH3 is 1. The lowest BCUT2D eigenvalue weighted by molar-refractivity contribution is 0.0978. The summed E-state index contributed by atoms with van der Waals surface area (Å²) in [4.78, 5) is 21.7. The van der Waals surface area contributed by atoms with Crippen molar-refractivity contribution in [1.29, 1.82) is 0 Å². The number of sulfonamides is 1. The van der Waals surface area contributed by atoms with Gasteiger partial charge in [0, 0.05) is 11.3 Å². The van der Waals surface area contributed by atoms with Gasteiger partial charge in [-0.05, 0) is 81.3 Å². The van der Waals surface area contributed by atoms with E-state index in [1.165, 1.54) is 49.6 Å². The monoisotopic (exact) mass is 535 g/mol. The van der Waals surface area contributed by atoms with Crippen molar-refractivity contribution in [3.05, 3.63) is 94.4 Å². The summed E-state index contributed by atoms with van der Waals surface area (Å²) in [5.41, 5.74) is 3.54. The van der Waals surface area contributed by atoms with Gasteiger partial charge < -0.3 is 9.47 Å². The molecular weight excluding hydrogens is 509 g/mol. The predicted molar refractivity (Wildman–Crippen MR) is 141 cm³/mol. The Morgan fingerprint density at radius 3 is 2.29 bits per heavy atom. The molecule has 0 spiro atoms. The van der Waals surface area contributed by atoms with E-state index in [0.29, 0.717) is 22.8 Å². The third kappa shape index (κ3) is 5.65. The van der Waals surface area contributed by atoms with Crippen molar-refractivity contribution in [2.45, 2.75) is 32.7 Å². The summed E-state index contributed by atoms with van der Waals surface area (Å²) in [5.74, 6) is -0.805. The number of hydrogen-bond donors (Lipinski definition) is 1. The minimum atomic E-state index is -4.28. The molecule has 0 aliphatic rings. The Labute approximate surface area is 220 Å². The van der Waals surface area contributed by atoms with Crippen molar-refractivity contribution in [1.82, 2.24) is 14.7 Å². The summed E-state index contributed by atoms with van der Waals surface area (Å²) in [5, 5.41) is -0.299. The lowest BCUT2D eigenvalue weighted by Crippen LogP contribution is -2.31. The molecule has 0 unspecified atom stereocenters. The van der Waals surface area contributed by atoms with Crippen LogP contribution in [0.15, 0.2) is 65.7 Å². The highest BCUT2D eigenvalue weighted by atomic mass is 32.2. The number of rotatable bonds is 7. The molecule has 0 atom stereocenters. The normalized spacial score (nSPS) is 11.2. The van der Waals surface area contributed by atoms with Crippen LogP contribution in [0.5, 0.6) is 17.4 Å². The first-order chi connectivity index (χ1) is 18.0. The summed E-state index contributed by atoms with van der Waals surface area (Å²) in [6.45, 7) is 7.29. The van der Waals surface area contributed by atoms with E-state index in [1.807, 2.05) is 37.6 Å². The molecule has 2 aromatic heterocycles. The molecule has 0 saturated carbocycles. The number of carbonyl (C=O) groups excluding carboxylic acids is 1. The SMILES string of the molecule is COc1ccc(F)cc1-c1ccc(C(=O)NS(=O)(=O)c2cccc(C)n2)c(Oc2c(C)cc(C)cc2C)n1. The molecule has 38 heavy (non-hydrogen) atoms. The average molecular weight is 536 g/mol. The molecule has 1 N–H and O–H groups in total. The van der Waals surface area contributed by atoms with Crippen molar-refractivity contribution in [3.63, 3.8) is 0 Å². The molecule has 0 bridgehead atoms. The number of nitrogens with one attached hydrogen (secondary N) is 1. The second-order valence-electron chi connectivity index (χ2n) is 8.78. The Balaban J connectivity index is 1.82. The molecule has 0 aliphatic heterocycles. The number of amides is 1. The summed E-state index contributed by atoms with van der Waals surface area (Å²) >= 11 is 0. The minimum Gasteiger partial charge on any atom is -0.496 e. The highest BCUT2D eigenvalue weighted by Gasteiger charge is 2.25. The molecule has 0 saturated heterocycles. The van der Waals surface area contributed by atoms with Gasteiger partial charge in [0.15, 0.2) is 5.03 Å². The summed E-state index contributed by atoms with van der Waals surface area (Å²) < 4.78 is 53.4. The van der Waals surface area contributed by atoms with Crippen molar-refractivity contribution >= 4 is 15.9 Å². The van der Waals surface area contributed by atoms with E-state index in [2.05, 4.69) is 9.97 Å².